The number of rotatable bonds is 8. The van der Waals surface area contributed by atoms with E-state index in [0.717, 1.165) is 45.2 Å². The smallest absolute Gasteiger partial charge is 0.193 e. The first-order valence-corrected chi connectivity index (χ1v) is 10.1. The van der Waals surface area contributed by atoms with Gasteiger partial charge in [-0.1, -0.05) is 48.5 Å². The monoisotopic (exact) mass is 380 g/mol. The number of nitrogens with one attached hydrogen (secondary N) is 1. The van der Waals surface area contributed by atoms with Crippen molar-refractivity contribution in [3.8, 4) is 0 Å². The molecular formula is C23H32N4O. The van der Waals surface area contributed by atoms with Crippen molar-refractivity contribution >= 4 is 11.6 Å². The van der Waals surface area contributed by atoms with Gasteiger partial charge < -0.3 is 19.9 Å². The van der Waals surface area contributed by atoms with Crippen LogP contribution in [0.2, 0.25) is 0 Å². The molecule has 0 spiro atoms. The van der Waals surface area contributed by atoms with Crippen LogP contribution in [0.25, 0.3) is 0 Å². The highest BCUT2D eigenvalue weighted by atomic mass is 16.5. The zero-order valence-corrected chi connectivity index (χ0v) is 17.1. The van der Waals surface area contributed by atoms with Crippen LogP contribution in [0.4, 0.5) is 5.69 Å². The number of hydrogen-bond acceptors (Lipinski definition) is 3. The van der Waals surface area contributed by atoms with Crippen molar-refractivity contribution in [1.29, 1.82) is 0 Å². The summed E-state index contributed by atoms with van der Waals surface area (Å²) >= 11 is 0. The molecule has 1 heterocycles. The second-order valence-electron chi connectivity index (χ2n) is 7.33. The van der Waals surface area contributed by atoms with E-state index in [4.69, 9.17) is 4.74 Å². The van der Waals surface area contributed by atoms with E-state index in [-0.39, 0.29) is 0 Å². The van der Waals surface area contributed by atoms with Crippen molar-refractivity contribution in [3.63, 3.8) is 0 Å². The van der Waals surface area contributed by atoms with Gasteiger partial charge in [-0.15, -0.1) is 0 Å². The second kappa shape index (κ2) is 10.7. The average molecular weight is 381 g/mol. The molecule has 0 saturated carbocycles. The summed E-state index contributed by atoms with van der Waals surface area (Å²) in [5.74, 6) is 1.56. The summed E-state index contributed by atoms with van der Waals surface area (Å²) < 4.78 is 5.93. The summed E-state index contributed by atoms with van der Waals surface area (Å²) in [6.07, 6.45) is 1.15. The number of aliphatic imine (C=N–C) groups is 1. The Morgan fingerprint density at radius 2 is 1.86 bits per heavy atom. The van der Waals surface area contributed by atoms with Gasteiger partial charge in [0.25, 0.3) is 0 Å². The Morgan fingerprint density at radius 1 is 1.14 bits per heavy atom. The lowest BCUT2D eigenvalue weighted by Gasteiger charge is -2.24. The number of benzene rings is 2. The predicted octanol–water partition coefficient (Wildman–Crippen LogP) is 3.24. The summed E-state index contributed by atoms with van der Waals surface area (Å²) in [4.78, 5) is 9.07. The molecule has 1 aliphatic heterocycles. The lowest BCUT2D eigenvalue weighted by Crippen LogP contribution is -2.43. The van der Waals surface area contributed by atoms with Gasteiger partial charge in [-0.05, 0) is 24.1 Å². The highest BCUT2D eigenvalue weighted by molar-refractivity contribution is 5.80. The fourth-order valence-corrected chi connectivity index (χ4v) is 3.56. The number of likely N-dealkylation sites (tertiary alicyclic amines) is 1. The van der Waals surface area contributed by atoms with Gasteiger partial charge in [0.05, 0.1) is 13.2 Å². The quantitative estimate of drug-likeness (QED) is 0.564. The van der Waals surface area contributed by atoms with Crippen LogP contribution in [-0.2, 0) is 11.3 Å². The van der Waals surface area contributed by atoms with Crippen molar-refractivity contribution in [2.45, 2.75) is 13.0 Å². The largest absolute Gasteiger partial charge is 0.376 e. The third kappa shape index (κ3) is 5.99. The molecule has 1 aliphatic rings. The van der Waals surface area contributed by atoms with E-state index in [1.807, 2.05) is 19.2 Å². The molecule has 1 unspecified atom stereocenters. The molecule has 1 N–H and O–H groups in total. The van der Waals surface area contributed by atoms with Gasteiger partial charge in [0.15, 0.2) is 5.96 Å². The van der Waals surface area contributed by atoms with Crippen molar-refractivity contribution in [3.05, 3.63) is 66.2 Å². The third-order valence-electron chi connectivity index (χ3n) is 5.19. The molecule has 0 amide bonds. The molecule has 3 rings (SSSR count). The molecular weight excluding hydrogens is 348 g/mol. The number of guanidine groups is 1. The molecule has 5 heteroatoms. The van der Waals surface area contributed by atoms with Crippen LogP contribution in [0.3, 0.4) is 0 Å². The molecule has 5 nitrogen and oxygen atoms in total. The van der Waals surface area contributed by atoms with Gasteiger partial charge in [0.2, 0.25) is 0 Å². The molecule has 2 aromatic carbocycles. The molecule has 150 valence electrons. The predicted molar refractivity (Wildman–Crippen MR) is 117 cm³/mol. The van der Waals surface area contributed by atoms with E-state index in [0.29, 0.717) is 12.5 Å². The Kier molecular flexibility index (Phi) is 7.73. The lowest BCUT2D eigenvalue weighted by atomic mass is 10.1. The molecule has 28 heavy (non-hydrogen) atoms. The fourth-order valence-electron chi connectivity index (χ4n) is 3.56. The topological polar surface area (TPSA) is 40.1 Å². The Labute approximate surface area is 169 Å². The zero-order valence-electron chi connectivity index (χ0n) is 17.1. The van der Waals surface area contributed by atoms with Gasteiger partial charge in [-0.25, -0.2) is 0 Å². The van der Waals surface area contributed by atoms with E-state index >= 15 is 0 Å². The molecule has 1 fully saturated rings. The summed E-state index contributed by atoms with van der Waals surface area (Å²) in [7, 11) is 3.98. The molecule has 0 radical (unpaired) electrons. The summed E-state index contributed by atoms with van der Waals surface area (Å²) in [5.41, 5.74) is 2.47. The number of ether oxygens (including phenoxy) is 1. The van der Waals surface area contributed by atoms with Crippen molar-refractivity contribution in [2.24, 2.45) is 10.9 Å². The first kappa shape index (κ1) is 20.2. The van der Waals surface area contributed by atoms with Gasteiger partial charge >= 0.3 is 0 Å². The van der Waals surface area contributed by atoms with E-state index in [1.165, 1.54) is 11.3 Å². The van der Waals surface area contributed by atoms with Gasteiger partial charge in [-0.2, -0.15) is 0 Å². The van der Waals surface area contributed by atoms with Crippen molar-refractivity contribution in [1.82, 2.24) is 10.2 Å². The van der Waals surface area contributed by atoms with Crippen LogP contribution in [0, 0.1) is 5.92 Å². The van der Waals surface area contributed by atoms with Crippen LogP contribution >= 0.6 is 0 Å². The SMILES string of the molecule is CN=C(NCCN(C)c1ccccc1)N1CCC(COCc2ccccc2)C1. The zero-order chi connectivity index (χ0) is 19.6. The maximum Gasteiger partial charge on any atom is 0.193 e. The molecule has 1 atom stereocenters. The van der Waals surface area contributed by atoms with E-state index in [1.54, 1.807) is 0 Å². The van der Waals surface area contributed by atoms with Crippen LogP contribution in [-0.4, -0.2) is 57.7 Å². The highest BCUT2D eigenvalue weighted by Crippen LogP contribution is 2.17. The van der Waals surface area contributed by atoms with Crippen molar-refractivity contribution < 1.29 is 4.74 Å². The Hall–Kier alpha value is -2.53. The lowest BCUT2D eigenvalue weighted by molar-refractivity contribution is 0.0907. The molecule has 1 saturated heterocycles. The number of likely N-dealkylation sites (N-methyl/N-ethyl adjacent to an activating group) is 1. The van der Waals surface area contributed by atoms with E-state index in [9.17, 15) is 0 Å². The minimum absolute atomic E-state index is 0.564. The maximum absolute atomic E-state index is 5.93. The maximum atomic E-state index is 5.93. The van der Waals surface area contributed by atoms with E-state index < -0.39 is 0 Å². The Morgan fingerprint density at radius 3 is 2.57 bits per heavy atom. The second-order valence-corrected chi connectivity index (χ2v) is 7.33. The van der Waals surface area contributed by atoms with Crippen LogP contribution in [0.15, 0.2) is 65.7 Å². The van der Waals surface area contributed by atoms with Gasteiger partial charge in [-0.3, -0.25) is 4.99 Å². The molecule has 2 aromatic rings. The molecule has 0 bridgehead atoms. The first-order valence-electron chi connectivity index (χ1n) is 10.1. The Bertz CT molecular complexity index is 720. The molecule has 0 aliphatic carbocycles. The Balaban J connectivity index is 1.37. The highest BCUT2D eigenvalue weighted by Gasteiger charge is 2.24. The minimum Gasteiger partial charge on any atom is -0.376 e. The average Bonchev–Trinajstić information content (AvgIpc) is 3.21. The summed E-state index contributed by atoms with van der Waals surface area (Å²) in [6.45, 7) is 5.33. The van der Waals surface area contributed by atoms with E-state index in [2.05, 4.69) is 75.7 Å². The number of nitrogens with zero attached hydrogens (tertiary/aromatic N) is 3. The van der Waals surface area contributed by atoms with Crippen LogP contribution in [0.5, 0.6) is 0 Å². The minimum atomic E-state index is 0.564. The fraction of sp³-hybridized carbons (Fsp3) is 0.435. The van der Waals surface area contributed by atoms with Gasteiger partial charge in [0, 0.05) is 51.9 Å². The van der Waals surface area contributed by atoms with Crippen molar-refractivity contribution in [2.75, 3.05) is 51.8 Å². The number of para-hydroxylation sites is 1. The summed E-state index contributed by atoms with van der Waals surface area (Å²) in [6, 6.07) is 20.8. The normalized spacial score (nSPS) is 17.0. The standard InChI is InChI=1S/C23H32N4O/c1-24-23(25-14-16-26(2)22-11-7-4-8-12-22)27-15-13-21(17-27)19-28-18-20-9-5-3-6-10-20/h3-12,21H,13-19H2,1-2H3,(H,24,25). The molecule has 0 aromatic heterocycles. The summed E-state index contributed by atoms with van der Waals surface area (Å²) in [5, 5.41) is 3.51. The van der Waals surface area contributed by atoms with Crippen LogP contribution in [0.1, 0.15) is 12.0 Å². The van der Waals surface area contributed by atoms with Gasteiger partial charge in [0.1, 0.15) is 0 Å². The third-order valence-corrected chi connectivity index (χ3v) is 5.19. The first-order chi connectivity index (χ1) is 13.8. The number of hydrogen-bond donors (Lipinski definition) is 1. The number of anilines is 1. The van der Waals surface area contributed by atoms with Crippen LogP contribution < -0.4 is 10.2 Å².